The van der Waals surface area contributed by atoms with Crippen molar-refractivity contribution >= 4 is 30.7 Å². The van der Waals surface area contributed by atoms with E-state index >= 15 is 0 Å². The number of halogens is 1. The fraction of sp³-hybridized carbons (Fsp3) is 1.00. The van der Waals surface area contributed by atoms with Crippen molar-refractivity contribution in [3.8, 4) is 0 Å². The molecular formula is C6H15IOSi. The van der Waals surface area contributed by atoms with Gasteiger partial charge in [-0.25, -0.2) is 0 Å². The summed E-state index contributed by atoms with van der Waals surface area (Å²) in [6, 6.07) is 0. The molecule has 3 heteroatoms. The molecule has 0 aliphatic rings. The summed E-state index contributed by atoms with van der Waals surface area (Å²) in [5, 5.41) is 9.52. The lowest BCUT2D eigenvalue weighted by atomic mass is 10.5. The summed E-state index contributed by atoms with van der Waals surface area (Å²) in [4.78, 5) is 0. The molecule has 0 saturated heterocycles. The molecule has 0 aromatic carbocycles. The number of rotatable bonds is 2. The number of aliphatic hydroxyl groups excluding tert-OH is 1. The molecule has 0 aromatic heterocycles. The van der Waals surface area contributed by atoms with E-state index in [9.17, 15) is 5.11 Å². The lowest BCUT2D eigenvalue weighted by molar-refractivity contribution is 0.249. The van der Waals surface area contributed by atoms with Crippen molar-refractivity contribution in [2.24, 2.45) is 0 Å². The van der Waals surface area contributed by atoms with Gasteiger partial charge < -0.3 is 5.11 Å². The second-order valence-electron chi connectivity index (χ2n) is 3.49. The highest BCUT2D eigenvalue weighted by Crippen LogP contribution is 2.16. The van der Waals surface area contributed by atoms with E-state index < -0.39 is 8.07 Å². The Balaban J connectivity index is 3.88. The van der Waals surface area contributed by atoms with E-state index in [-0.39, 0.29) is 5.73 Å². The van der Waals surface area contributed by atoms with Crippen molar-refractivity contribution in [3.63, 3.8) is 0 Å². The molecule has 0 rings (SSSR count). The third-order valence-electron chi connectivity index (χ3n) is 1.32. The molecule has 1 nitrogen and oxygen atoms in total. The van der Waals surface area contributed by atoms with Crippen LogP contribution in [-0.2, 0) is 0 Å². The van der Waals surface area contributed by atoms with Crippen molar-refractivity contribution < 1.29 is 5.11 Å². The van der Waals surface area contributed by atoms with Crippen LogP contribution in [0.25, 0.3) is 0 Å². The van der Waals surface area contributed by atoms with E-state index in [2.05, 4.69) is 49.2 Å². The summed E-state index contributed by atoms with van der Waals surface area (Å²) in [6.07, 6.45) is 0. The largest absolute Gasteiger partial charge is 0.395 e. The lowest BCUT2D eigenvalue weighted by Gasteiger charge is -2.25. The predicted octanol–water partition coefficient (Wildman–Crippen LogP) is 2.05. The minimum absolute atomic E-state index is 0.0573. The van der Waals surface area contributed by atoms with Gasteiger partial charge in [-0.1, -0.05) is 49.2 Å². The van der Waals surface area contributed by atoms with Gasteiger partial charge in [0.25, 0.3) is 0 Å². The van der Waals surface area contributed by atoms with Gasteiger partial charge in [0.05, 0.1) is 13.8 Å². The number of aliphatic hydroxyl groups is 1. The fourth-order valence-electron chi connectivity index (χ4n) is 0.689. The van der Waals surface area contributed by atoms with Gasteiger partial charge in [0.15, 0.2) is 0 Å². The summed E-state index contributed by atoms with van der Waals surface area (Å²) in [7, 11) is -1.28. The van der Waals surface area contributed by atoms with Gasteiger partial charge in [0.1, 0.15) is 0 Å². The Bertz CT molecular complexity index is 87.5. The molecule has 0 aliphatic carbocycles. The zero-order chi connectivity index (χ0) is 7.65. The average Bonchev–Trinajstić information content (AvgIpc) is 1.62. The van der Waals surface area contributed by atoms with Crippen LogP contribution >= 0.6 is 22.6 Å². The molecule has 2 atom stereocenters. The van der Waals surface area contributed by atoms with Crippen molar-refractivity contribution in [1.29, 1.82) is 0 Å². The Morgan fingerprint density at radius 3 is 1.67 bits per heavy atom. The standard InChI is InChI=1S/C6H15IOSi/c1-5(7)6(8)9(2,3)4/h5-6,8H,1-4H3. The molecule has 0 saturated carbocycles. The van der Waals surface area contributed by atoms with Gasteiger partial charge in [-0.05, 0) is 0 Å². The highest BCUT2D eigenvalue weighted by atomic mass is 127. The number of hydrogen-bond acceptors (Lipinski definition) is 1. The molecule has 2 unspecified atom stereocenters. The van der Waals surface area contributed by atoms with Crippen LogP contribution in [-0.4, -0.2) is 22.8 Å². The molecular weight excluding hydrogens is 243 g/mol. The summed E-state index contributed by atoms with van der Waals surface area (Å²) in [5.41, 5.74) is -0.0573. The van der Waals surface area contributed by atoms with Crippen LogP contribution in [0, 0.1) is 0 Å². The van der Waals surface area contributed by atoms with E-state index in [0.29, 0.717) is 3.92 Å². The number of hydrogen-bond donors (Lipinski definition) is 1. The van der Waals surface area contributed by atoms with Crippen molar-refractivity contribution in [3.05, 3.63) is 0 Å². The first-order chi connectivity index (χ1) is 3.85. The molecule has 1 N–H and O–H groups in total. The minimum Gasteiger partial charge on any atom is -0.395 e. The molecule has 0 fully saturated rings. The molecule has 56 valence electrons. The maximum Gasteiger partial charge on any atom is 0.0795 e. The maximum absolute atomic E-state index is 9.52. The Hall–Kier alpha value is 0.907. The maximum atomic E-state index is 9.52. The first-order valence-corrected chi connectivity index (χ1v) is 8.00. The van der Waals surface area contributed by atoms with Gasteiger partial charge in [0.2, 0.25) is 0 Å². The molecule has 0 heterocycles. The second-order valence-corrected chi connectivity index (χ2v) is 10.8. The van der Waals surface area contributed by atoms with E-state index in [1.165, 1.54) is 0 Å². The van der Waals surface area contributed by atoms with Crippen molar-refractivity contribution in [1.82, 2.24) is 0 Å². The fourth-order valence-corrected chi connectivity index (χ4v) is 5.30. The van der Waals surface area contributed by atoms with E-state index in [4.69, 9.17) is 0 Å². The molecule has 0 aromatic rings. The average molecular weight is 258 g/mol. The Labute approximate surface area is 72.0 Å². The zero-order valence-electron chi connectivity index (χ0n) is 6.48. The summed E-state index contributed by atoms with van der Waals surface area (Å²) >= 11 is 2.28. The van der Waals surface area contributed by atoms with Gasteiger partial charge in [-0.3, -0.25) is 0 Å². The summed E-state index contributed by atoms with van der Waals surface area (Å²) in [6.45, 7) is 8.62. The smallest absolute Gasteiger partial charge is 0.0795 e. The lowest BCUT2D eigenvalue weighted by Crippen LogP contribution is -2.42. The van der Waals surface area contributed by atoms with Crippen LogP contribution < -0.4 is 0 Å². The Kier molecular flexibility index (Phi) is 3.68. The van der Waals surface area contributed by atoms with Crippen LogP contribution in [0.5, 0.6) is 0 Å². The molecule has 0 radical (unpaired) electrons. The molecule has 9 heavy (non-hydrogen) atoms. The topological polar surface area (TPSA) is 20.2 Å². The summed E-state index contributed by atoms with van der Waals surface area (Å²) < 4.78 is 0.397. The van der Waals surface area contributed by atoms with Gasteiger partial charge in [-0.2, -0.15) is 0 Å². The van der Waals surface area contributed by atoms with Crippen LogP contribution in [0.4, 0.5) is 0 Å². The second kappa shape index (κ2) is 3.34. The van der Waals surface area contributed by atoms with E-state index in [1.807, 2.05) is 0 Å². The van der Waals surface area contributed by atoms with E-state index in [1.54, 1.807) is 0 Å². The Morgan fingerprint density at radius 2 is 1.67 bits per heavy atom. The van der Waals surface area contributed by atoms with Crippen LogP contribution in [0.1, 0.15) is 6.92 Å². The monoisotopic (exact) mass is 258 g/mol. The number of alkyl halides is 1. The third-order valence-corrected chi connectivity index (χ3v) is 4.96. The van der Waals surface area contributed by atoms with Crippen LogP contribution in [0.15, 0.2) is 0 Å². The quantitative estimate of drug-likeness (QED) is 0.456. The molecule has 0 spiro atoms. The third kappa shape index (κ3) is 3.57. The highest BCUT2D eigenvalue weighted by Gasteiger charge is 2.27. The van der Waals surface area contributed by atoms with Crippen LogP contribution in [0.3, 0.4) is 0 Å². The van der Waals surface area contributed by atoms with Gasteiger partial charge in [0, 0.05) is 3.92 Å². The van der Waals surface area contributed by atoms with Crippen LogP contribution in [0.2, 0.25) is 19.6 Å². The zero-order valence-corrected chi connectivity index (χ0v) is 9.64. The SMILES string of the molecule is CC(I)C(O)[Si](C)(C)C. The van der Waals surface area contributed by atoms with Crippen molar-refractivity contribution in [2.45, 2.75) is 36.2 Å². The Morgan fingerprint density at radius 1 is 1.33 bits per heavy atom. The predicted molar refractivity (Wildman–Crippen MR) is 52.8 cm³/mol. The van der Waals surface area contributed by atoms with E-state index in [0.717, 1.165) is 0 Å². The minimum atomic E-state index is -1.28. The highest BCUT2D eigenvalue weighted by molar-refractivity contribution is 14.1. The summed E-state index contributed by atoms with van der Waals surface area (Å²) in [5.74, 6) is 0. The molecule has 0 aliphatic heterocycles. The normalized spacial score (nSPS) is 19.3. The van der Waals surface area contributed by atoms with Gasteiger partial charge in [-0.15, -0.1) is 0 Å². The first-order valence-electron chi connectivity index (χ1n) is 3.18. The first kappa shape index (κ1) is 9.91. The van der Waals surface area contributed by atoms with Crippen molar-refractivity contribution in [2.75, 3.05) is 0 Å². The van der Waals surface area contributed by atoms with Gasteiger partial charge >= 0.3 is 0 Å². The molecule has 0 amide bonds. The molecule has 0 bridgehead atoms.